The van der Waals surface area contributed by atoms with Crippen LogP contribution in [0.1, 0.15) is 7.43 Å². The van der Waals surface area contributed by atoms with Gasteiger partial charge in [-0.3, -0.25) is 0 Å². The zero-order valence-corrected chi connectivity index (χ0v) is 3.13. The molecule has 0 radical (unpaired) electrons. The standard InChI is InChI=1S/C2O2.CO2.CH4/c3-1-2-4;2-1-3;/h;;1H4. The Bertz CT molecular complexity index is 111. The van der Waals surface area contributed by atoms with Gasteiger partial charge in [0.15, 0.2) is 0 Å². The van der Waals surface area contributed by atoms with Crippen molar-refractivity contribution >= 4 is 18.0 Å². The summed E-state index contributed by atoms with van der Waals surface area (Å²) in [6.07, 6.45) is 0.250. The summed E-state index contributed by atoms with van der Waals surface area (Å²) in [6.45, 7) is 0. The van der Waals surface area contributed by atoms with Crippen molar-refractivity contribution in [3.05, 3.63) is 0 Å². The lowest BCUT2D eigenvalue weighted by atomic mass is 11.2. The third kappa shape index (κ3) is 269. The normalized spacial score (nSPS) is 2.50. The minimum absolute atomic E-state index is 0. The Morgan fingerprint density at radius 2 is 0.875 bits per heavy atom. The molecule has 0 saturated heterocycles. The van der Waals surface area contributed by atoms with Crippen molar-refractivity contribution in [2.24, 2.45) is 0 Å². The number of carbonyl (C=O) groups excluding carboxylic acids is 4. The Morgan fingerprint density at radius 1 is 0.750 bits per heavy atom. The highest BCUT2D eigenvalue weighted by molar-refractivity contribution is 5.81. The zero-order valence-electron chi connectivity index (χ0n) is 3.13. The summed E-state index contributed by atoms with van der Waals surface area (Å²) in [5.41, 5.74) is 0. The first-order valence-electron chi connectivity index (χ1n) is 1.07. The summed E-state index contributed by atoms with van der Waals surface area (Å²) in [5.74, 6) is 1.75. The lowest BCUT2D eigenvalue weighted by Gasteiger charge is -1.07. The highest BCUT2D eigenvalue weighted by atomic mass is 16.2. The van der Waals surface area contributed by atoms with E-state index in [0.29, 0.717) is 0 Å². The molecule has 0 aliphatic rings. The average Bonchev–Trinajstić information content (AvgIpc) is 1.69. The maximum Gasteiger partial charge on any atom is 0.373 e. The molecule has 0 bridgehead atoms. The molecule has 4 heteroatoms. The van der Waals surface area contributed by atoms with Gasteiger partial charge in [0.1, 0.15) is 0 Å². The van der Waals surface area contributed by atoms with Crippen LogP contribution in [0.25, 0.3) is 0 Å². The number of hydrogen-bond acceptors (Lipinski definition) is 4. The summed E-state index contributed by atoms with van der Waals surface area (Å²) >= 11 is 0. The first-order chi connectivity index (χ1) is 3.33. The van der Waals surface area contributed by atoms with Gasteiger partial charge in [-0.1, -0.05) is 7.43 Å². The van der Waals surface area contributed by atoms with Crippen LogP contribution in [0, 0.1) is 0 Å². The number of hydrogen-bond donors (Lipinski definition) is 0. The smallest absolute Gasteiger partial charge is 0.221 e. The Labute approximate surface area is 45.8 Å². The minimum atomic E-state index is 0. The lowest BCUT2D eigenvalue weighted by molar-refractivity contribution is -0.191. The monoisotopic (exact) mass is 116 g/mol. The molecule has 0 aromatic heterocycles. The van der Waals surface area contributed by atoms with E-state index in [9.17, 15) is 0 Å². The van der Waals surface area contributed by atoms with Crippen LogP contribution < -0.4 is 0 Å². The van der Waals surface area contributed by atoms with Crippen molar-refractivity contribution in [1.82, 2.24) is 0 Å². The molecule has 0 rings (SSSR count). The van der Waals surface area contributed by atoms with Gasteiger partial charge in [-0.05, 0) is 0 Å². The Balaban J connectivity index is -0.0000000575. The molecule has 0 aromatic rings. The molecular weight excluding hydrogens is 112 g/mol. The molecule has 44 valence electrons. The van der Waals surface area contributed by atoms with Gasteiger partial charge in [-0.15, -0.1) is 0 Å². The summed E-state index contributed by atoms with van der Waals surface area (Å²) in [5, 5.41) is 0. The van der Waals surface area contributed by atoms with Crippen molar-refractivity contribution in [3.8, 4) is 0 Å². The fourth-order valence-electron chi connectivity index (χ4n) is 0. The van der Waals surface area contributed by atoms with Crippen LogP contribution in [0.3, 0.4) is 0 Å². The van der Waals surface area contributed by atoms with Gasteiger partial charge in [-0.2, -0.15) is 9.59 Å². The van der Waals surface area contributed by atoms with Gasteiger partial charge in [0, 0.05) is 0 Å². The minimum Gasteiger partial charge on any atom is -0.221 e. The van der Waals surface area contributed by atoms with E-state index in [0.717, 1.165) is 11.9 Å². The number of rotatable bonds is 0. The molecule has 0 N–H and O–H groups in total. The topological polar surface area (TPSA) is 68.3 Å². The van der Waals surface area contributed by atoms with Crippen molar-refractivity contribution in [2.75, 3.05) is 0 Å². The predicted molar refractivity (Wildman–Crippen MR) is 23.1 cm³/mol. The fraction of sp³-hybridized carbons (Fsp3) is 0.250. The van der Waals surface area contributed by atoms with Gasteiger partial charge in [0.2, 0.25) is 11.9 Å². The molecular formula is C4H4O4. The van der Waals surface area contributed by atoms with E-state index < -0.39 is 0 Å². The van der Waals surface area contributed by atoms with E-state index in [1.54, 1.807) is 0 Å². The maximum atomic E-state index is 8.62. The lowest BCUT2D eigenvalue weighted by Crippen LogP contribution is -1.38. The zero-order chi connectivity index (χ0) is 6.12. The van der Waals surface area contributed by atoms with Crippen molar-refractivity contribution in [2.45, 2.75) is 7.43 Å². The van der Waals surface area contributed by atoms with E-state index in [1.165, 1.54) is 0 Å². The molecule has 0 atom stereocenters. The highest BCUT2D eigenvalue weighted by Crippen LogP contribution is 0.915. The van der Waals surface area contributed by atoms with Crippen molar-refractivity contribution in [3.63, 3.8) is 0 Å². The van der Waals surface area contributed by atoms with Crippen LogP contribution in [-0.4, -0.2) is 18.0 Å². The fourth-order valence-corrected chi connectivity index (χ4v) is 0. The van der Waals surface area contributed by atoms with Crippen LogP contribution in [0.2, 0.25) is 0 Å². The summed E-state index contributed by atoms with van der Waals surface area (Å²) in [7, 11) is 0. The Hall–Kier alpha value is -1.46. The Morgan fingerprint density at radius 3 is 0.875 bits per heavy atom. The van der Waals surface area contributed by atoms with Crippen LogP contribution >= 0.6 is 0 Å². The Kier molecular flexibility index (Phi) is 96.4. The predicted octanol–water partition coefficient (Wildman–Crippen LogP) is -0.742. The van der Waals surface area contributed by atoms with Gasteiger partial charge in [0.25, 0.3) is 0 Å². The molecule has 0 aliphatic heterocycles. The van der Waals surface area contributed by atoms with Crippen molar-refractivity contribution < 1.29 is 19.2 Å². The van der Waals surface area contributed by atoms with Crippen molar-refractivity contribution in [1.29, 1.82) is 0 Å². The molecule has 0 unspecified atom stereocenters. The van der Waals surface area contributed by atoms with Gasteiger partial charge >= 0.3 is 6.15 Å². The largest absolute Gasteiger partial charge is 0.373 e. The summed E-state index contributed by atoms with van der Waals surface area (Å²) < 4.78 is 0. The third-order valence-electron chi connectivity index (χ3n) is 0.0417. The maximum absolute atomic E-state index is 8.62. The van der Waals surface area contributed by atoms with E-state index in [1.807, 2.05) is 0 Å². The van der Waals surface area contributed by atoms with E-state index in [2.05, 4.69) is 0 Å². The molecule has 0 heterocycles. The molecule has 0 spiro atoms. The van der Waals surface area contributed by atoms with Gasteiger partial charge < -0.3 is 0 Å². The quantitative estimate of drug-likeness (QED) is 0.391. The van der Waals surface area contributed by atoms with Gasteiger partial charge in [-0.25, -0.2) is 9.59 Å². The second-order valence-corrected chi connectivity index (χ2v) is 0.287. The van der Waals surface area contributed by atoms with Crippen LogP contribution in [0.15, 0.2) is 0 Å². The van der Waals surface area contributed by atoms with Crippen LogP contribution in [0.4, 0.5) is 0 Å². The van der Waals surface area contributed by atoms with E-state index in [4.69, 9.17) is 19.2 Å². The van der Waals surface area contributed by atoms with Gasteiger partial charge in [0.05, 0.1) is 0 Å². The molecule has 0 amide bonds. The molecule has 4 nitrogen and oxygen atoms in total. The molecule has 0 saturated carbocycles. The highest BCUT2D eigenvalue weighted by Gasteiger charge is 1.27. The summed E-state index contributed by atoms with van der Waals surface area (Å²) in [6, 6.07) is 0. The summed E-state index contributed by atoms with van der Waals surface area (Å²) in [4.78, 5) is 33.5. The van der Waals surface area contributed by atoms with E-state index in [-0.39, 0.29) is 13.6 Å². The molecule has 0 aromatic carbocycles. The second-order valence-electron chi connectivity index (χ2n) is 0.287. The first-order valence-corrected chi connectivity index (χ1v) is 1.07. The first kappa shape index (κ1) is 16.0. The van der Waals surface area contributed by atoms with Crippen LogP contribution in [0.5, 0.6) is 0 Å². The average molecular weight is 116 g/mol. The molecule has 8 heavy (non-hydrogen) atoms. The SMILES string of the molecule is C.O=C=C=O.O=C=O. The molecule has 0 aliphatic carbocycles. The van der Waals surface area contributed by atoms with Crippen LogP contribution in [-0.2, 0) is 19.2 Å². The van der Waals surface area contributed by atoms with E-state index >= 15 is 0 Å². The molecule has 0 fully saturated rings. The third-order valence-corrected chi connectivity index (χ3v) is 0.0417. The second kappa shape index (κ2) is 48.1.